The van der Waals surface area contributed by atoms with Gasteiger partial charge in [-0.05, 0) is 0 Å². The molecule has 0 saturated carbocycles. The van der Waals surface area contributed by atoms with E-state index in [1.54, 1.807) is 0 Å². The zero-order valence-electron chi connectivity index (χ0n) is 5.74. The standard InChI is InChI=1S/C4H10N2O4S/c5-4(7)3-6-1-2-11-10-9-8/h6,8H,1-3H2,(H2,5,7)/p-1. The summed E-state index contributed by atoms with van der Waals surface area (Å²) in [5.74, 6) is 0.0891. The largest absolute Gasteiger partial charge is 0.691 e. The maximum Gasteiger partial charge on any atom is 0.231 e. The summed E-state index contributed by atoms with van der Waals surface area (Å²) in [4.78, 5) is 10.1. The third kappa shape index (κ3) is 9.66. The zero-order chi connectivity index (χ0) is 8.53. The predicted octanol–water partition coefficient (Wildman–Crippen LogP) is -2.07. The van der Waals surface area contributed by atoms with Crippen molar-refractivity contribution in [1.82, 2.24) is 5.32 Å². The van der Waals surface area contributed by atoms with Crippen LogP contribution >= 0.6 is 12.0 Å². The van der Waals surface area contributed by atoms with Crippen molar-refractivity contribution in [2.75, 3.05) is 18.8 Å². The third-order valence-corrected chi connectivity index (χ3v) is 1.26. The van der Waals surface area contributed by atoms with Crippen LogP contribution in [-0.2, 0) is 14.2 Å². The number of hydrogen-bond donors (Lipinski definition) is 2. The fourth-order valence-electron chi connectivity index (χ4n) is 0.379. The number of carbonyl (C=O) groups excluding carboxylic acids is 1. The molecule has 3 N–H and O–H groups in total. The van der Waals surface area contributed by atoms with Crippen LogP contribution in [0, 0.1) is 0 Å². The number of carbonyl (C=O) groups is 1. The first-order valence-corrected chi connectivity index (χ1v) is 3.75. The highest BCUT2D eigenvalue weighted by molar-refractivity contribution is 7.94. The summed E-state index contributed by atoms with van der Waals surface area (Å²) in [6.07, 6.45) is 0. The third-order valence-electron chi connectivity index (χ3n) is 0.737. The first-order valence-electron chi connectivity index (χ1n) is 2.84. The number of amides is 1. The molecule has 0 fully saturated rings. The summed E-state index contributed by atoms with van der Waals surface area (Å²) in [5, 5.41) is 15.0. The minimum atomic E-state index is -0.420. The van der Waals surface area contributed by atoms with Gasteiger partial charge in [-0.2, -0.15) is 4.33 Å². The fourth-order valence-corrected chi connectivity index (χ4v) is 0.714. The first kappa shape index (κ1) is 10.7. The van der Waals surface area contributed by atoms with Gasteiger partial charge in [0.15, 0.2) is 0 Å². The minimum Gasteiger partial charge on any atom is -0.691 e. The van der Waals surface area contributed by atoms with Crippen molar-refractivity contribution < 1.29 is 19.4 Å². The molecule has 0 heterocycles. The van der Waals surface area contributed by atoms with E-state index >= 15 is 0 Å². The molecule has 7 heteroatoms. The molecule has 0 aromatic heterocycles. The average Bonchev–Trinajstić information content (AvgIpc) is 1.96. The van der Waals surface area contributed by atoms with Crippen LogP contribution in [0.2, 0.25) is 0 Å². The molecule has 0 bridgehead atoms. The van der Waals surface area contributed by atoms with Crippen molar-refractivity contribution >= 4 is 17.9 Å². The smallest absolute Gasteiger partial charge is 0.231 e. The highest BCUT2D eigenvalue weighted by Gasteiger charge is 1.92. The van der Waals surface area contributed by atoms with Gasteiger partial charge in [0, 0.05) is 24.3 Å². The lowest BCUT2D eigenvalue weighted by Gasteiger charge is -2.03. The molecule has 0 aliphatic rings. The van der Waals surface area contributed by atoms with Crippen LogP contribution in [0.5, 0.6) is 0 Å². The van der Waals surface area contributed by atoms with Crippen LogP contribution in [-0.4, -0.2) is 24.7 Å². The molecule has 0 aromatic carbocycles. The maximum atomic E-state index is 10.1. The molecule has 0 saturated heterocycles. The average molecular weight is 181 g/mol. The van der Waals surface area contributed by atoms with E-state index in [9.17, 15) is 10.1 Å². The quantitative estimate of drug-likeness (QED) is 0.203. The van der Waals surface area contributed by atoms with Crippen LogP contribution < -0.4 is 16.3 Å². The van der Waals surface area contributed by atoms with E-state index < -0.39 is 5.91 Å². The van der Waals surface area contributed by atoms with Gasteiger partial charge < -0.3 is 16.3 Å². The van der Waals surface area contributed by atoms with Crippen molar-refractivity contribution in [3.63, 3.8) is 0 Å². The molecule has 6 nitrogen and oxygen atoms in total. The second-order valence-electron chi connectivity index (χ2n) is 1.60. The Morgan fingerprint density at radius 1 is 1.73 bits per heavy atom. The van der Waals surface area contributed by atoms with Crippen molar-refractivity contribution in [3.8, 4) is 0 Å². The number of primary amides is 1. The van der Waals surface area contributed by atoms with Crippen LogP contribution in [0.15, 0.2) is 0 Å². The van der Waals surface area contributed by atoms with Gasteiger partial charge in [-0.25, -0.2) is 0 Å². The van der Waals surface area contributed by atoms with Gasteiger partial charge in [0.2, 0.25) is 5.91 Å². The highest BCUT2D eigenvalue weighted by Crippen LogP contribution is 1.97. The second-order valence-corrected chi connectivity index (χ2v) is 2.38. The van der Waals surface area contributed by atoms with Crippen LogP contribution in [0.4, 0.5) is 0 Å². The Bertz CT molecular complexity index is 112. The Morgan fingerprint density at radius 3 is 3.00 bits per heavy atom. The lowest BCUT2D eigenvalue weighted by atomic mass is 10.6. The van der Waals surface area contributed by atoms with Crippen LogP contribution in [0.1, 0.15) is 0 Å². The summed E-state index contributed by atoms with van der Waals surface area (Å²) >= 11 is 0.856. The Labute approximate surface area is 68.1 Å². The zero-order valence-corrected chi connectivity index (χ0v) is 6.56. The van der Waals surface area contributed by atoms with Gasteiger partial charge in [-0.3, -0.25) is 9.83 Å². The van der Waals surface area contributed by atoms with Crippen LogP contribution in [0.25, 0.3) is 0 Å². The number of nitrogens with two attached hydrogens (primary N) is 1. The Balaban J connectivity index is 2.85. The molecule has 0 radical (unpaired) electrons. The normalized spacial score (nSPS) is 9.91. The van der Waals surface area contributed by atoms with Crippen molar-refractivity contribution in [2.45, 2.75) is 0 Å². The number of hydrogen-bond acceptors (Lipinski definition) is 6. The summed E-state index contributed by atoms with van der Waals surface area (Å²) < 4.78 is 3.95. The van der Waals surface area contributed by atoms with Crippen molar-refractivity contribution in [3.05, 3.63) is 0 Å². The fraction of sp³-hybridized carbons (Fsp3) is 0.750. The molecule has 66 valence electrons. The van der Waals surface area contributed by atoms with E-state index in [2.05, 4.69) is 14.7 Å². The van der Waals surface area contributed by atoms with Crippen molar-refractivity contribution in [1.29, 1.82) is 0 Å². The molecule has 0 unspecified atom stereocenters. The molecule has 0 spiro atoms. The first-order chi connectivity index (χ1) is 5.27. The van der Waals surface area contributed by atoms with Gasteiger partial charge >= 0.3 is 0 Å². The lowest BCUT2D eigenvalue weighted by molar-refractivity contribution is -0.777. The number of nitrogens with one attached hydrogen (secondary N) is 1. The number of rotatable bonds is 7. The molecular formula is C4H9N2O4S-. The molecule has 0 rings (SSSR count). The van der Waals surface area contributed by atoms with Gasteiger partial charge in [0.25, 0.3) is 0 Å². The van der Waals surface area contributed by atoms with E-state index in [0.717, 1.165) is 12.0 Å². The molecule has 0 aliphatic heterocycles. The van der Waals surface area contributed by atoms with Crippen molar-refractivity contribution in [2.24, 2.45) is 5.73 Å². The van der Waals surface area contributed by atoms with Gasteiger partial charge in [0.05, 0.1) is 6.54 Å². The Morgan fingerprint density at radius 2 is 2.45 bits per heavy atom. The monoisotopic (exact) mass is 181 g/mol. The molecule has 0 aromatic rings. The maximum absolute atomic E-state index is 10.1. The molecule has 0 atom stereocenters. The van der Waals surface area contributed by atoms with Gasteiger partial charge in [-0.15, -0.1) is 0 Å². The minimum absolute atomic E-state index is 0.124. The molecular weight excluding hydrogens is 172 g/mol. The van der Waals surface area contributed by atoms with E-state index in [0.29, 0.717) is 12.3 Å². The molecule has 11 heavy (non-hydrogen) atoms. The Kier molecular flexibility index (Phi) is 7.52. The summed E-state index contributed by atoms with van der Waals surface area (Å²) in [7, 11) is 0. The van der Waals surface area contributed by atoms with Gasteiger partial charge in [-0.1, -0.05) is 0 Å². The SMILES string of the molecule is NC(=O)CNCCSOO[O-]. The Hall–Kier alpha value is -0.340. The van der Waals surface area contributed by atoms with Crippen LogP contribution in [0.3, 0.4) is 0 Å². The summed E-state index contributed by atoms with van der Waals surface area (Å²) in [5.41, 5.74) is 4.82. The van der Waals surface area contributed by atoms with E-state index in [1.165, 1.54) is 0 Å². The summed E-state index contributed by atoms with van der Waals surface area (Å²) in [6, 6.07) is 0. The summed E-state index contributed by atoms with van der Waals surface area (Å²) in [6.45, 7) is 0.649. The topological polar surface area (TPSA) is 96.6 Å². The van der Waals surface area contributed by atoms with Gasteiger partial charge in [0.1, 0.15) is 0 Å². The highest BCUT2D eigenvalue weighted by atomic mass is 32.2. The molecule has 0 aliphatic carbocycles. The molecule has 1 amide bonds. The second kappa shape index (κ2) is 7.76. The van der Waals surface area contributed by atoms with E-state index in [1.807, 2.05) is 0 Å². The van der Waals surface area contributed by atoms with E-state index in [4.69, 9.17) is 5.73 Å². The lowest BCUT2D eigenvalue weighted by Crippen LogP contribution is -2.30. The van der Waals surface area contributed by atoms with E-state index in [-0.39, 0.29) is 6.54 Å². The predicted molar refractivity (Wildman–Crippen MR) is 36.7 cm³/mol.